The van der Waals surface area contributed by atoms with E-state index in [4.69, 9.17) is 11.0 Å². The number of fused-ring (bicyclic) bond motifs is 3. The van der Waals surface area contributed by atoms with E-state index in [-0.39, 0.29) is 0 Å². The lowest BCUT2D eigenvalue weighted by Gasteiger charge is -2.18. The summed E-state index contributed by atoms with van der Waals surface area (Å²) in [6.45, 7) is 0. The van der Waals surface area contributed by atoms with Crippen LogP contribution in [0, 0.1) is 11.3 Å². The van der Waals surface area contributed by atoms with Gasteiger partial charge >= 0.3 is 0 Å². The highest BCUT2D eigenvalue weighted by atomic mass is 32.2. The minimum Gasteiger partial charge on any atom is -0.383 e. The van der Waals surface area contributed by atoms with Crippen LogP contribution in [0.4, 0.5) is 5.82 Å². The van der Waals surface area contributed by atoms with E-state index in [2.05, 4.69) is 17.1 Å². The monoisotopic (exact) mass is 239 g/mol. The number of aromatic nitrogens is 1. The Balaban J connectivity index is 2.27. The van der Waals surface area contributed by atoms with Crippen molar-refractivity contribution in [2.45, 2.75) is 10.6 Å². The van der Waals surface area contributed by atoms with Crippen molar-refractivity contribution < 1.29 is 0 Å². The smallest absolute Gasteiger partial charge is 0.142 e. The van der Waals surface area contributed by atoms with Crippen molar-refractivity contribution in [2.24, 2.45) is 0 Å². The number of nitrogens with zero attached hydrogens (tertiary/aromatic N) is 2. The van der Waals surface area contributed by atoms with Gasteiger partial charge in [0.1, 0.15) is 11.9 Å². The zero-order valence-electron chi connectivity index (χ0n) is 8.97. The molecule has 1 aliphatic heterocycles. The molecule has 0 atom stereocenters. The first kappa shape index (κ1) is 10.2. The molecule has 82 valence electrons. The highest BCUT2D eigenvalue weighted by Gasteiger charge is 2.19. The molecular formula is C13H9N3S. The maximum absolute atomic E-state index is 8.94. The number of nitrogens with two attached hydrogens (primary N) is 1. The van der Waals surface area contributed by atoms with E-state index in [1.54, 1.807) is 11.8 Å². The van der Waals surface area contributed by atoms with Gasteiger partial charge in [-0.05, 0) is 17.7 Å². The number of nitrogen functional groups attached to an aromatic ring is 1. The number of anilines is 1. The van der Waals surface area contributed by atoms with Gasteiger partial charge in [0.15, 0.2) is 0 Å². The van der Waals surface area contributed by atoms with Gasteiger partial charge in [-0.2, -0.15) is 5.26 Å². The maximum Gasteiger partial charge on any atom is 0.142 e. The molecule has 1 aromatic heterocycles. The average Bonchev–Trinajstić information content (AvgIpc) is 2.38. The average molecular weight is 239 g/mol. The first-order chi connectivity index (χ1) is 8.29. The SMILES string of the molecule is N#Cc1cc2c(nc1N)-c1ccccc1SC2. The van der Waals surface area contributed by atoms with Crippen molar-refractivity contribution in [2.75, 3.05) is 5.73 Å². The largest absolute Gasteiger partial charge is 0.383 e. The van der Waals surface area contributed by atoms with Gasteiger partial charge in [0.2, 0.25) is 0 Å². The van der Waals surface area contributed by atoms with E-state index >= 15 is 0 Å². The molecule has 0 saturated carbocycles. The van der Waals surface area contributed by atoms with E-state index in [0.717, 1.165) is 22.6 Å². The first-order valence-electron chi connectivity index (χ1n) is 5.21. The molecule has 2 aromatic rings. The summed E-state index contributed by atoms with van der Waals surface area (Å²) in [5.41, 5.74) is 9.34. The van der Waals surface area contributed by atoms with Gasteiger partial charge in [-0.3, -0.25) is 0 Å². The minimum absolute atomic E-state index is 0.313. The number of benzene rings is 1. The van der Waals surface area contributed by atoms with Crippen LogP contribution in [0.15, 0.2) is 35.2 Å². The van der Waals surface area contributed by atoms with Gasteiger partial charge in [0.25, 0.3) is 0 Å². The zero-order valence-corrected chi connectivity index (χ0v) is 9.79. The third-order valence-corrected chi connectivity index (χ3v) is 3.90. The number of hydrogen-bond donors (Lipinski definition) is 1. The Bertz CT molecular complexity index is 644. The molecule has 1 aromatic carbocycles. The summed E-state index contributed by atoms with van der Waals surface area (Å²) in [4.78, 5) is 5.59. The van der Waals surface area contributed by atoms with Crippen molar-refractivity contribution in [3.8, 4) is 17.3 Å². The standard InChI is InChI=1S/C13H9N3S/c14-6-8-5-9-7-17-11-4-2-1-3-10(11)12(9)16-13(8)15/h1-5H,7H2,(H2,15,16). The predicted octanol–water partition coefficient (Wildman–Crippen LogP) is 2.81. The van der Waals surface area contributed by atoms with Gasteiger partial charge < -0.3 is 5.73 Å². The molecule has 2 heterocycles. The topological polar surface area (TPSA) is 62.7 Å². The molecule has 3 nitrogen and oxygen atoms in total. The number of nitriles is 1. The highest BCUT2D eigenvalue weighted by molar-refractivity contribution is 7.98. The van der Waals surface area contributed by atoms with Crippen molar-refractivity contribution >= 4 is 17.6 Å². The molecule has 0 unspecified atom stereocenters. The number of hydrogen-bond acceptors (Lipinski definition) is 4. The molecule has 0 saturated heterocycles. The van der Waals surface area contributed by atoms with Crippen LogP contribution in [0.3, 0.4) is 0 Å². The van der Waals surface area contributed by atoms with Crippen molar-refractivity contribution in [1.29, 1.82) is 5.26 Å². The summed E-state index contributed by atoms with van der Waals surface area (Å²) in [6, 6.07) is 12.1. The minimum atomic E-state index is 0.313. The lowest BCUT2D eigenvalue weighted by Crippen LogP contribution is -2.04. The van der Waals surface area contributed by atoms with E-state index in [1.165, 1.54) is 4.90 Å². The van der Waals surface area contributed by atoms with Crippen LogP contribution in [0.5, 0.6) is 0 Å². The van der Waals surface area contributed by atoms with Gasteiger partial charge in [0, 0.05) is 16.2 Å². The number of pyridine rings is 1. The van der Waals surface area contributed by atoms with Gasteiger partial charge in [-0.25, -0.2) is 4.98 Å². The lowest BCUT2D eigenvalue weighted by atomic mass is 10.0. The Labute approximate surface area is 103 Å². The molecule has 2 N–H and O–H groups in total. The van der Waals surface area contributed by atoms with Crippen LogP contribution in [0.25, 0.3) is 11.3 Å². The fourth-order valence-electron chi connectivity index (χ4n) is 1.95. The van der Waals surface area contributed by atoms with E-state index in [0.29, 0.717) is 11.4 Å². The van der Waals surface area contributed by atoms with Crippen molar-refractivity contribution in [3.05, 3.63) is 41.5 Å². The van der Waals surface area contributed by atoms with E-state index in [9.17, 15) is 0 Å². The molecule has 1 aliphatic rings. The normalized spacial score (nSPS) is 12.4. The Morgan fingerprint density at radius 3 is 3.00 bits per heavy atom. The van der Waals surface area contributed by atoms with Gasteiger partial charge in [-0.15, -0.1) is 11.8 Å². The highest BCUT2D eigenvalue weighted by Crippen LogP contribution is 2.40. The predicted molar refractivity (Wildman–Crippen MR) is 68.4 cm³/mol. The third kappa shape index (κ3) is 1.56. The second-order valence-corrected chi connectivity index (χ2v) is 4.84. The molecule has 0 radical (unpaired) electrons. The Kier molecular flexibility index (Phi) is 2.27. The molecule has 0 fully saturated rings. The van der Waals surface area contributed by atoms with Crippen LogP contribution in [0.2, 0.25) is 0 Å². The van der Waals surface area contributed by atoms with Crippen LogP contribution in [-0.2, 0) is 5.75 Å². The molecule has 0 aliphatic carbocycles. The Hall–Kier alpha value is -1.99. The van der Waals surface area contributed by atoms with E-state index in [1.807, 2.05) is 24.3 Å². The fourth-order valence-corrected chi connectivity index (χ4v) is 2.97. The molecule has 0 spiro atoms. The van der Waals surface area contributed by atoms with E-state index < -0.39 is 0 Å². The van der Waals surface area contributed by atoms with Crippen molar-refractivity contribution in [3.63, 3.8) is 0 Å². The Morgan fingerprint density at radius 1 is 1.35 bits per heavy atom. The zero-order chi connectivity index (χ0) is 11.8. The number of thioether (sulfide) groups is 1. The van der Waals surface area contributed by atoms with Crippen LogP contribution >= 0.6 is 11.8 Å². The first-order valence-corrected chi connectivity index (χ1v) is 6.20. The quantitative estimate of drug-likeness (QED) is 0.767. The molecule has 17 heavy (non-hydrogen) atoms. The number of rotatable bonds is 0. The Morgan fingerprint density at radius 2 is 2.18 bits per heavy atom. The molecule has 0 amide bonds. The summed E-state index contributed by atoms with van der Waals surface area (Å²) < 4.78 is 0. The fraction of sp³-hybridized carbons (Fsp3) is 0.0769. The second kappa shape index (κ2) is 3.79. The summed E-state index contributed by atoms with van der Waals surface area (Å²) in [6.07, 6.45) is 0. The van der Waals surface area contributed by atoms with Crippen LogP contribution < -0.4 is 5.73 Å². The molecule has 0 bridgehead atoms. The summed E-state index contributed by atoms with van der Waals surface area (Å²) in [7, 11) is 0. The van der Waals surface area contributed by atoms with Crippen molar-refractivity contribution in [1.82, 2.24) is 4.98 Å². The van der Waals surface area contributed by atoms with Crippen LogP contribution in [-0.4, -0.2) is 4.98 Å². The molecule has 3 rings (SSSR count). The van der Waals surface area contributed by atoms with Gasteiger partial charge in [-0.1, -0.05) is 18.2 Å². The van der Waals surface area contributed by atoms with Crippen LogP contribution in [0.1, 0.15) is 11.1 Å². The maximum atomic E-state index is 8.94. The summed E-state index contributed by atoms with van der Waals surface area (Å²) >= 11 is 1.77. The third-order valence-electron chi connectivity index (χ3n) is 2.78. The lowest BCUT2D eigenvalue weighted by molar-refractivity contribution is 1.20. The van der Waals surface area contributed by atoms with Gasteiger partial charge in [0.05, 0.1) is 11.3 Å². The summed E-state index contributed by atoms with van der Waals surface area (Å²) in [5, 5.41) is 8.94. The molecule has 4 heteroatoms. The second-order valence-electron chi connectivity index (χ2n) is 3.83. The molecular weight excluding hydrogens is 230 g/mol. The summed E-state index contributed by atoms with van der Waals surface area (Å²) in [5.74, 6) is 1.15.